The molecule has 286 valence electrons. The number of carbonyl (C=O) groups excluding carboxylic acids is 4. The lowest BCUT2D eigenvalue weighted by Gasteiger charge is -2.30. The van der Waals surface area contributed by atoms with Crippen molar-refractivity contribution in [1.29, 1.82) is 0 Å². The first-order valence-corrected chi connectivity index (χ1v) is 18.2. The monoisotopic (exact) mass is 737 g/mol. The zero-order chi connectivity index (χ0) is 39.3. The summed E-state index contributed by atoms with van der Waals surface area (Å²) in [6, 6.07) is 24.5. The molecule has 0 saturated carbocycles. The van der Waals surface area contributed by atoms with Gasteiger partial charge in [-0.15, -0.1) is 0 Å². The van der Waals surface area contributed by atoms with E-state index in [2.05, 4.69) is 16.0 Å². The molecule has 0 saturated heterocycles. The molecule has 0 spiro atoms. The van der Waals surface area contributed by atoms with Crippen LogP contribution in [0.2, 0.25) is 0 Å². The number of carbonyl (C=O) groups is 4. The third-order valence-electron chi connectivity index (χ3n) is 9.43. The number of hydrogen-bond donors (Lipinski definition) is 7. The van der Waals surface area contributed by atoms with Crippen molar-refractivity contribution in [2.75, 3.05) is 6.54 Å². The summed E-state index contributed by atoms with van der Waals surface area (Å²) in [6.45, 7) is 5.40. The summed E-state index contributed by atoms with van der Waals surface area (Å²) >= 11 is 0. The highest BCUT2D eigenvalue weighted by Crippen LogP contribution is 2.27. The number of ketones is 1. The maximum atomic E-state index is 13.8. The number of rotatable bonds is 19. The number of phenolic OH excluding ortho intramolecular Hbond substituents is 4. The lowest BCUT2D eigenvalue weighted by molar-refractivity contribution is -0.136. The van der Waals surface area contributed by atoms with Crippen molar-refractivity contribution in [3.8, 4) is 23.0 Å². The van der Waals surface area contributed by atoms with Gasteiger partial charge in [0, 0.05) is 30.7 Å². The highest BCUT2D eigenvalue weighted by Gasteiger charge is 2.35. The van der Waals surface area contributed by atoms with E-state index in [4.69, 9.17) is 0 Å². The van der Waals surface area contributed by atoms with Crippen LogP contribution in [0.1, 0.15) is 62.3 Å². The Morgan fingerprint density at radius 1 is 0.574 bits per heavy atom. The first-order valence-electron chi connectivity index (χ1n) is 18.2. The third kappa shape index (κ3) is 13.0. The minimum atomic E-state index is -1.09. The first-order chi connectivity index (χ1) is 25.7. The summed E-state index contributed by atoms with van der Waals surface area (Å²) in [5.41, 5.74) is 2.30. The summed E-state index contributed by atoms with van der Waals surface area (Å²) in [5, 5.41) is 47.3. The van der Waals surface area contributed by atoms with Crippen molar-refractivity contribution < 1.29 is 39.6 Å². The van der Waals surface area contributed by atoms with Crippen LogP contribution in [0.25, 0.3) is 0 Å². The number of Topliss-reactive ketones (excluding diaryl/α,β-unsaturated/α-hetero) is 1. The number of phenols is 4. The van der Waals surface area contributed by atoms with Crippen molar-refractivity contribution >= 4 is 23.5 Å². The lowest BCUT2D eigenvalue weighted by Crippen LogP contribution is -2.52. The van der Waals surface area contributed by atoms with Crippen LogP contribution in [0.4, 0.5) is 0 Å². The van der Waals surface area contributed by atoms with E-state index >= 15 is 0 Å². The van der Waals surface area contributed by atoms with Gasteiger partial charge in [-0.25, -0.2) is 0 Å². The molecule has 3 amide bonds. The summed E-state index contributed by atoms with van der Waals surface area (Å²) < 4.78 is 0. The molecular formula is C43H51N3O8. The number of amides is 3. The standard InChI is InChI=1S/C43H51N3O8/c1-28(40(52)45-37(25-31-11-19-35(49)20-12-31)39(51)6-4-5-29-7-15-33(47)16-8-29)27-43(2,3)42(54)46-38(26-32-13-21-36(50)22-14-32)41(53)44-24-23-30-9-17-34(48)18-10-30/h7-22,28,37-38,47-50H,4-6,23-27H2,1-3H3,(H,44,53)(H,45,52)(H,46,54)/t28?,37-,38-/m0/s1. The van der Waals surface area contributed by atoms with Gasteiger partial charge in [-0.2, -0.15) is 0 Å². The van der Waals surface area contributed by atoms with E-state index < -0.39 is 35.2 Å². The van der Waals surface area contributed by atoms with E-state index in [9.17, 15) is 39.6 Å². The largest absolute Gasteiger partial charge is 0.508 e. The summed E-state index contributed by atoms with van der Waals surface area (Å²) in [5.74, 6) is -1.55. The van der Waals surface area contributed by atoms with E-state index in [0.717, 1.165) is 22.3 Å². The molecule has 0 aliphatic carbocycles. The SMILES string of the molecule is CC(CC(C)(C)C(=O)N[C@@H](Cc1ccc(O)cc1)C(=O)NCCc1ccc(O)cc1)C(=O)N[C@@H](Cc1ccc(O)cc1)C(=O)CCCc1ccc(O)cc1. The van der Waals surface area contributed by atoms with Crippen LogP contribution in [-0.2, 0) is 44.9 Å². The Morgan fingerprint density at radius 3 is 1.48 bits per heavy atom. The maximum Gasteiger partial charge on any atom is 0.242 e. The van der Waals surface area contributed by atoms with Crippen molar-refractivity contribution in [3.63, 3.8) is 0 Å². The van der Waals surface area contributed by atoms with Gasteiger partial charge >= 0.3 is 0 Å². The molecule has 0 bridgehead atoms. The Balaban J connectivity index is 1.39. The van der Waals surface area contributed by atoms with Gasteiger partial charge < -0.3 is 36.4 Å². The third-order valence-corrected chi connectivity index (χ3v) is 9.43. The average Bonchev–Trinajstić information content (AvgIpc) is 3.14. The minimum Gasteiger partial charge on any atom is -0.508 e. The Hall–Kier alpha value is -5.84. The predicted octanol–water partition coefficient (Wildman–Crippen LogP) is 5.27. The second kappa shape index (κ2) is 19.3. The van der Waals surface area contributed by atoms with E-state index in [1.165, 1.54) is 24.3 Å². The van der Waals surface area contributed by atoms with Crippen LogP contribution in [0.15, 0.2) is 97.1 Å². The van der Waals surface area contributed by atoms with Gasteiger partial charge in [-0.05, 0) is 103 Å². The highest BCUT2D eigenvalue weighted by atomic mass is 16.3. The van der Waals surface area contributed by atoms with E-state index in [1.807, 2.05) is 0 Å². The number of aryl methyl sites for hydroxylation is 1. The van der Waals surface area contributed by atoms with Crippen LogP contribution in [0.3, 0.4) is 0 Å². The van der Waals surface area contributed by atoms with Crippen LogP contribution in [0, 0.1) is 11.3 Å². The highest BCUT2D eigenvalue weighted by molar-refractivity contribution is 5.92. The van der Waals surface area contributed by atoms with Gasteiger partial charge in [-0.1, -0.05) is 69.3 Å². The number of aromatic hydroxyl groups is 4. The number of benzene rings is 4. The molecule has 4 aromatic rings. The van der Waals surface area contributed by atoms with Gasteiger partial charge in [0.1, 0.15) is 29.0 Å². The first kappa shape index (κ1) is 40.9. The molecule has 0 aliphatic heterocycles. The van der Waals surface area contributed by atoms with Crippen LogP contribution in [-0.4, -0.2) is 62.6 Å². The van der Waals surface area contributed by atoms with Gasteiger partial charge in [0.05, 0.1) is 6.04 Å². The van der Waals surface area contributed by atoms with Crippen LogP contribution in [0.5, 0.6) is 23.0 Å². The Kier molecular flexibility index (Phi) is 14.6. The summed E-state index contributed by atoms with van der Waals surface area (Å²) in [6.07, 6.45) is 2.41. The molecule has 4 rings (SSSR count). The Morgan fingerprint density at radius 2 is 1.00 bits per heavy atom. The van der Waals surface area contributed by atoms with Crippen molar-refractivity contribution in [3.05, 3.63) is 119 Å². The van der Waals surface area contributed by atoms with Crippen LogP contribution < -0.4 is 16.0 Å². The maximum absolute atomic E-state index is 13.8. The molecule has 1 unspecified atom stereocenters. The number of hydrogen-bond acceptors (Lipinski definition) is 8. The quantitative estimate of drug-likeness (QED) is 0.0679. The molecule has 3 atom stereocenters. The molecule has 4 aromatic carbocycles. The minimum absolute atomic E-state index is 0.0761. The topological polar surface area (TPSA) is 185 Å². The fraction of sp³-hybridized carbons (Fsp3) is 0.349. The second-order valence-electron chi connectivity index (χ2n) is 14.5. The van der Waals surface area contributed by atoms with E-state index in [-0.39, 0.29) is 60.4 Å². The molecule has 0 fully saturated rings. The zero-order valence-corrected chi connectivity index (χ0v) is 31.0. The average molecular weight is 738 g/mol. The molecule has 54 heavy (non-hydrogen) atoms. The second-order valence-corrected chi connectivity index (χ2v) is 14.5. The summed E-state index contributed by atoms with van der Waals surface area (Å²) in [4.78, 5) is 54.4. The van der Waals surface area contributed by atoms with Gasteiger partial charge in [0.2, 0.25) is 17.7 Å². The fourth-order valence-electron chi connectivity index (χ4n) is 6.23. The van der Waals surface area contributed by atoms with Crippen molar-refractivity contribution in [2.45, 2.75) is 77.8 Å². The summed E-state index contributed by atoms with van der Waals surface area (Å²) in [7, 11) is 0. The molecule has 11 heteroatoms. The Bertz CT molecular complexity index is 1840. The number of nitrogens with one attached hydrogen (secondary N) is 3. The van der Waals surface area contributed by atoms with Crippen molar-refractivity contribution in [1.82, 2.24) is 16.0 Å². The Labute approximate surface area is 316 Å². The fourth-order valence-corrected chi connectivity index (χ4v) is 6.23. The molecule has 0 radical (unpaired) electrons. The van der Waals surface area contributed by atoms with E-state index in [1.54, 1.807) is 93.6 Å². The zero-order valence-electron chi connectivity index (χ0n) is 31.0. The lowest BCUT2D eigenvalue weighted by atomic mass is 9.81. The molecule has 0 heterocycles. The molecule has 11 nitrogen and oxygen atoms in total. The predicted molar refractivity (Wildman–Crippen MR) is 206 cm³/mol. The molecule has 0 aliphatic rings. The molecule has 7 N–H and O–H groups in total. The molecular weight excluding hydrogens is 686 g/mol. The van der Waals surface area contributed by atoms with Gasteiger partial charge in [0.25, 0.3) is 0 Å². The van der Waals surface area contributed by atoms with Crippen LogP contribution >= 0.6 is 0 Å². The molecule has 0 aromatic heterocycles. The van der Waals surface area contributed by atoms with Gasteiger partial charge in [-0.3, -0.25) is 19.2 Å². The van der Waals surface area contributed by atoms with Crippen molar-refractivity contribution in [2.24, 2.45) is 11.3 Å². The van der Waals surface area contributed by atoms with Gasteiger partial charge in [0.15, 0.2) is 5.78 Å². The smallest absolute Gasteiger partial charge is 0.242 e. The normalized spacial score (nSPS) is 12.9. The van der Waals surface area contributed by atoms with E-state index in [0.29, 0.717) is 25.8 Å².